The van der Waals surface area contributed by atoms with Gasteiger partial charge in [0.25, 0.3) is 5.91 Å². The number of likely N-dealkylation sites (tertiary alicyclic amines) is 1. The van der Waals surface area contributed by atoms with Crippen molar-refractivity contribution in [1.29, 1.82) is 0 Å². The van der Waals surface area contributed by atoms with Gasteiger partial charge in [-0.05, 0) is 25.7 Å². The van der Waals surface area contributed by atoms with E-state index < -0.39 is 0 Å². The molecule has 146 valence electrons. The molecule has 5 heterocycles. The highest BCUT2D eigenvalue weighted by Crippen LogP contribution is 2.35. The van der Waals surface area contributed by atoms with Crippen LogP contribution in [0.1, 0.15) is 59.5 Å². The Labute approximate surface area is 167 Å². The molecule has 0 spiro atoms. The molecule has 1 fully saturated rings. The molecule has 3 aromatic rings. The number of carbonyl (C=O) groups is 1. The lowest BCUT2D eigenvalue weighted by molar-refractivity contribution is 0.0731. The molecule has 1 saturated heterocycles. The molecule has 0 aliphatic carbocycles. The Morgan fingerprint density at radius 1 is 1.14 bits per heavy atom. The fourth-order valence-electron chi connectivity index (χ4n) is 4.21. The zero-order valence-corrected chi connectivity index (χ0v) is 16.7. The van der Waals surface area contributed by atoms with Gasteiger partial charge in [-0.3, -0.25) is 9.48 Å². The highest BCUT2D eigenvalue weighted by molar-refractivity contribution is 7.16. The van der Waals surface area contributed by atoms with Crippen molar-refractivity contribution < 1.29 is 4.79 Å². The molecule has 1 atom stereocenters. The normalized spacial score (nSPS) is 19.6. The number of hydrogen-bond donors (Lipinski definition) is 0. The summed E-state index contributed by atoms with van der Waals surface area (Å²) in [5.41, 5.74) is 0.937. The Hall–Kier alpha value is -2.55. The SMILES string of the molecule is Cn1cc(-c2ncc(C(=O)N3CCC[C@H]3c3nnc4n3CCCCC4)s2)cn1. The molecule has 9 heteroatoms. The summed E-state index contributed by atoms with van der Waals surface area (Å²) in [6, 6.07) is 0.00999. The van der Waals surface area contributed by atoms with Gasteiger partial charge >= 0.3 is 0 Å². The Morgan fingerprint density at radius 3 is 2.93 bits per heavy atom. The van der Waals surface area contributed by atoms with E-state index in [0.29, 0.717) is 4.88 Å². The lowest BCUT2D eigenvalue weighted by Crippen LogP contribution is -2.31. The van der Waals surface area contributed by atoms with Gasteiger partial charge in [0.05, 0.1) is 18.4 Å². The summed E-state index contributed by atoms with van der Waals surface area (Å²) in [6.07, 6.45) is 11.9. The van der Waals surface area contributed by atoms with E-state index in [1.807, 2.05) is 18.1 Å². The second-order valence-corrected chi connectivity index (χ2v) is 8.56. The van der Waals surface area contributed by atoms with Gasteiger partial charge in [-0.2, -0.15) is 5.10 Å². The monoisotopic (exact) mass is 397 g/mol. The van der Waals surface area contributed by atoms with Crippen molar-refractivity contribution in [1.82, 2.24) is 34.4 Å². The van der Waals surface area contributed by atoms with E-state index in [-0.39, 0.29) is 11.9 Å². The number of hydrogen-bond acceptors (Lipinski definition) is 6. The first-order valence-corrected chi connectivity index (χ1v) is 10.7. The summed E-state index contributed by atoms with van der Waals surface area (Å²) in [6.45, 7) is 1.72. The van der Waals surface area contributed by atoms with Gasteiger partial charge in [0, 0.05) is 38.3 Å². The average Bonchev–Trinajstić information content (AvgIpc) is 3.46. The third-order valence-corrected chi connectivity index (χ3v) is 6.65. The van der Waals surface area contributed by atoms with E-state index >= 15 is 0 Å². The third kappa shape index (κ3) is 3.03. The van der Waals surface area contributed by atoms with Crippen LogP contribution in [0.2, 0.25) is 0 Å². The van der Waals surface area contributed by atoms with Crippen molar-refractivity contribution in [2.75, 3.05) is 6.54 Å². The van der Waals surface area contributed by atoms with Crippen molar-refractivity contribution in [3.8, 4) is 10.6 Å². The standard InChI is InChI=1S/C19H23N7OS/c1-24-12-13(10-21-24)18-20-11-15(28-18)19(27)25-9-5-6-14(25)17-23-22-16-7-3-2-4-8-26(16)17/h10-12,14H,2-9H2,1H3/t14-/m0/s1. The van der Waals surface area contributed by atoms with Crippen LogP contribution in [0.5, 0.6) is 0 Å². The summed E-state index contributed by atoms with van der Waals surface area (Å²) >= 11 is 1.43. The van der Waals surface area contributed by atoms with E-state index in [2.05, 4.69) is 24.8 Å². The zero-order chi connectivity index (χ0) is 19.1. The molecule has 3 aromatic heterocycles. The lowest BCUT2D eigenvalue weighted by Gasteiger charge is -2.24. The minimum atomic E-state index is 0.00999. The molecule has 0 aromatic carbocycles. The molecule has 0 saturated carbocycles. The van der Waals surface area contributed by atoms with Crippen molar-refractivity contribution in [3.05, 3.63) is 35.1 Å². The summed E-state index contributed by atoms with van der Waals surface area (Å²) in [5, 5.41) is 13.9. The summed E-state index contributed by atoms with van der Waals surface area (Å²) in [5.74, 6) is 2.07. The number of thiazole rings is 1. The van der Waals surface area contributed by atoms with Crippen molar-refractivity contribution in [2.45, 2.75) is 51.1 Å². The fraction of sp³-hybridized carbons (Fsp3) is 0.526. The maximum Gasteiger partial charge on any atom is 0.266 e. The molecule has 1 amide bonds. The minimum Gasteiger partial charge on any atom is -0.328 e. The largest absolute Gasteiger partial charge is 0.328 e. The van der Waals surface area contributed by atoms with Crippen LogP contribution in [0, 0.1) is 0 Å². The van der Waals surface area contributed by atoms with Gasteiger partial charge in [0.2, 0.25) is 0 Å². The maximum absolute atomic E-state index is 13.3. The van der Waals surface area contributed by atoms with Gasteiger partial charge in [-0.1, -0.05) is 6.42 Å². The quantitative estimate of drug-likeness (QED) is 0.679. The molecule has 28 heavy (non-hydrogen) atoms. The number of fused-ring (bicyclic) bond motifs is 1. The van der Waals surface area contributed by atoms with Crippen LogP contribution in [-0.2, 0) is 20.0 Å². The second-order valence-electron chi connectivity index (χ2n) is 7.53. The first-order chi connectivity index (χ1) is 13.7. The molecule has 0 unspecified atom stereocenters. The maximum atomic E-state index is 13.3. The van der Waals surface area contributed by atoms with Gasteiger partial charge in [0.1, 0.15) is 15.7 Å². The fourth-order valence-corrected chi connectivity index (χ4v) is 5.06. The van der Waals surface area contributed by atoms with Crippen molar-refractivity contribution in [3.63, 3.8) is 0 Å². The summed E-state index contributed by atoms with van der Waals surface area (Å²) in [4.78, 5) is 20.3. The van der Waals surface area contributed by atoms with Crippen LogP contribution >= 0.6 is 11.3 Å². The summed E-state index contributed by atoms with van der Waals surface area (Å²) < 4.78 is 4.00. The van der Waals surface area contributed by atoms with Crippen LogP contribution < -0.4 is 0 Å². The topological polar surface area (TPSA) is 81.7 Å². The molecule has 2 aliphatic rings. The zero-order valence-electron chi connectivity index (χ0n) is 15.9. The van der Waals surface area contributed by atoms with E-state index in [0.717, 1.165) is 61.0 Å². The lowest BCUT2D eigenvalue weighted by atomic mass is 10.2. The van der Waals surface area contributed by atoms with Crippen molar-refractivity contribution in [2.24, 2.45) is 7.05 Å². The predicted molar refractivity (Wildman–Crippen MR) is 105 cm³/mol. The molecular formula is C19H23N7OS. The smallest absolute Gasteiger partial charge is 0.266 e. The van der Waals surface area contributed by atoms with E-state index in [9.17, 15) is 4.79 Å². The van der Waals surface area contributed by atoms with E-state index in [1.54, 1.807) is 17.1 Å². The second kappa shape index (κ2) is 7.12. The van der Waals surface area contributed by atoms with Crippen LogP contribution in [0.4, 0.5) is 0 Å². The van der Waals surface area contributed by atoms with E-state index in [4.69, 9.17) is 0 Å². The average molecular weight is 398 g/mol. The Balaban J connectivity index is 1.41. The molecule has 0 N–H and O–H groups in total. The first-order valence-electron chi connectivity index (χ1n) is 9.88. The highest BCUT2D eigenvalue weighted by atomic mass is 32.1. The van der Waals surface area contributed by atoms with Crippen LogP contribution in [0.15, 0.2) is 18.6 Å². The predicted octanol–water partition coefficient (Wildman–Crippen LogP) is 2.84. The number of aromatic nitrogens is 6. The third-order valence-electron chi connectivity index (χ3n) is 5.62. The molecule has 0 bridgehead atoms. The molecule has 8 nitrogen and oxygen atoms in total. The van der Waals surface area contributed by atoms with Crippen LogP contribution in [-0.4, -0.2) is 46.9 Å². The molecule has 2 aliphatic heterocycles. The van der Waals surface area contributed by atoms with Gasteiger partial charge in [-0.25, -0.2) is 4.98 Å². The Kier molecular flexibility index (Phi) is 4.46. The van der Waals surface area contributed by atoms with Crippen LogP contribution in [0.25, 0.3) is 10.6 Å². The molecular weight excluding hydrogens is 374 g/mol. The summed E-state index contributed by atoms with van der Waals surface area (Å²) in [7, 11) is 1.87. The van der Waals surface area contributed by atoms with Crippen molar-refractivity contribution >= 4 is 17.2 Å². The Bertz CT molecular complexity index is 1000. The number of nitrogens with zero attached hydrogens (tertiary/aromatic N) is 7. The highest BCUT2D eigenvalue weighted by Gasteiger charge is 2.35. The number of aryl methyl sites for hydroxylation is 2. The van der Waals surface area contributed by atoms with Gasteiger partial charge in [-0.15, -0.1) is 21.5 Å². The van der Waals surface area contributed by atoms with Crippen LogP contribution in [0.3, 0.4) is 0 Å². The Morgan fingerprint density at radius 2 is 2.07 bits per heavy atom. The molecule has 5 rings (SSSR count). The number of rotatable bonds is 3. The van der Waals surface area contributed by atoms with Gasteiger partial charge in [0.15, 0.2) is 5.82 Å². The minimum absolute atomic E-state index is 0.00999. The van der Waals surface area contributed by atoms with E-state index in [1.165, 1.54) is 24.2 Å². The number of amides is 1. The number of carbonyl (C=O) groups excluding carboxylic acids is 1. The molecule has 0 radical (unpaired) electrons. The van der Waals surface area contributed by atoms with Gasteiger partial charge < -0.3 is 9.47 Å². The first kappa shape index (κ1) is 17.5.